The molecule has 0 N–H and O–H groups in total. The van der Waals surface area contributed by atoms with Gasteiger partial charge >= 0.3 is 0 Å². The first-order valence-electron chi connectivity index (χ1n) is 6.85. The van der Waals surface area contributed by atoms with E-state index < -0.39 is 5.60 Å². The summed E-state index contributed by atoms with van der Waals surface area (Å²) in [6, 6.07) is 1.56. The lowest BCUT2D eigenvalue weighted by Crippen LogP contribution is -2.47. The van der Waals surface area contributed by atoms with Crippen molar-refractivity contribution in [2.24, 2.45) is 5.92 Å². The molecule has 0 amide bonds. The molecule has 0 fully saturated rings. The number of fused-ring (bicyclic) bond motifs is 1. The minimum Gasteiger partial charge on any atom is -0.496 e. The molecule has 0 saturated heterocycles. The molecule has 22 heavy (non-hydrogen) atoms. The van der Waals surface area contributed by atoms with Crippen molar-refractivity contribution in [1.29, 1.82) is 0 Å². The average molecular weight is 323 g/mol. The molecule has 5 nitrogen and oxygen atoms in total. The van der Waals surface area contributed by atoms with Gasteiger partial charge in [-0.3, -0.25) is 9.59 Å². The first kappa shape index (κ1) is 14.9. The predicted molar refractivity (Wildman–Crippen MR) is 80.2 cm³/mol. The summed E-state index contributed by atoms with van der Waals surface area (Å²) in [6.07, 6.45) is 3.16. The fourth-order valence-electron chi connectivity index (χ4n) is 2.96. The van der Waals surface area contributed by atoms with E-state index in [-0.39, 0.29) is 34.7 Å². The van der Waals surface area contributed by atoms with Gasteiger partial charge in [-0.2, -0.15) is 0 Å². The maximum atomic E-state index is 13.0. The summed E-state index contributed by atoms with van der Waals surface area (Å²) in [5, 5.41) is 0.223. The number of allylic oxidation sites excluding steroid dienone is 1. The van der Waals surface area contributed by atoms with E-state index >= 15 is 0 Å². The van der Waals surface area contributed by atoms with Gasteiger partial charge in [0.15, 0.2) is 17.1 Å². The van der Waals surface area contributed by atoms with Crippen LogP contribution < -0.4 is 14.2 Å². The molecule has 2 unspecified atom stereocenters. The molecule has 1 aromatic carbocycles. The largest absolute Gasteiger partial charge is 0.496 e. The summed E-state index contributed by atoms with van der Waals surface area (Å²) in [4.78, 5) is 24.5. The molecule has 1 aliphatic carbocycles. The van der Waals surface area contributed by atoms with Crippen molar-refractivity contribution in [3.05, 3.63) is 28.8 Å². The van der Waals surface area contributed by atoms with Crippen LogP contribution in [0.1, 0.15) is 23.7 Å². The highest BCUT2D eigenvalue weighted by molar-refractivity contribution is 6.35. The van der Waals surface area contributed by atoms with E-state index in [0.29, 0.717) is 17.1 Å². The third kappa shape index (κ3) is 1.85. The molecule has 0 bridgehead atoms. The molecule has 2 aliphatic rings. The molecule has 1 aromatic rings. The normalized spacial score (nSPS) is 26.1. The number of halogens is 1. The number of Topliss-reactive ketones (excluding diaryl/α,β-unsaturated/α-hetero) is 1. The minimum absolute atomic E-state index is 0.0267. The Morgan fingerprint density at radius 3 is 2.55 bits per heavy atom. The Morgan fingerprint density at radius 1 is 1.27 bits per heavy atom. The van der Waals surface area contributed by atoms with Gasteiger partial charge in [-0.25, -0.2) is 0 Å². The van der Waals surface area contributed by atoms with Gasteiger partial charge in [0.25, 0.3) is 0 Å². The van der Waals surface area contributed by atoms with Crippen molar-refractivity contribution in [1.82, 2.24) is 0 Å². The number of ether oxygens (including phenoxy) is 3. The van der Waals surface area contributed by atoms with Crippen LogP contribution >= 0.6 is 11.6 Å². The molecule has 1 spiro atoms. The van der Waals surface area contributed by atoms with Crippen LogP contribution in [0.4, 0.5) is 0 Å². The highest BCUT2D eigenvalue weighted by Crippen LogP contribution is 2.52. The van der Waals surface area contributed by atoms with Crippen LogP contribution in [0.5, 0.6) is 17.2 Å². The van der Waals surface area contributed by atoms with E-state index in [1.165, 1.54) is 26.4 Å². The molecule has 0 saturated carbocycles. The summed E-state index contributed by atoms with van der Waals surface area (Å²) in [7, 11) is 2.94. The second kappa shape index (κ2) is 5.02. The molecule has 1 aliphatic heterocycles. The zero-order chi connectivity index (χ0) is 16.1. The highest BCUT2D eigenvalue weighted by Gasteiger charge is 2.54. The van der Waals surface area contributed by atoms with Crippen molar-refractivity contribution in [3.63, 3.8) is 0 Å². The van der Waals surface area contributed by atoms with Crippen LogP contribution in [-0.2, 0) is 4.79 Å². The van der Waals surface area contributed by atoms with Crippen molar-refractivity contribution in [3.8, 4) is 17.2 Å². The second-order valence-electron chi connectivity index (χ2n) is 5.43. The number of hydrogen-bond acceptors (Lipinski definition) is 5. The number of benzene rings is 1. The van der Waals surface area contributed by atoms with E-state index in [1.807, 2.05) is 6.92 Å². The summed E-state index contributed by atoms with van der Waals surface area (Å²) in [5.41, 5.74) is -0.918. The zero-order valence-corrected chi connectivity index (χ0v) is 13.2. The monoisotopic (exact) mass is 322 g/mol. The van der Waals surface area contributed by atoms with Crippen molar-refractivity contribution in [2.75, 3.05) is 14.2 Å². The lowest BCUT2D eigenvalue weighted by Gasteiger charge is -2.32. The molecule has 3 rings (SSSR count). The Morgan fingerprint density at radius 2 is 1.95 bits per heavy atom. The van der Waals surface area contributed by atoms with Crippen LogP contribution in [-0.4, -0.2) is 31.4 Å². The molecular formula is C16H15ClO5. The van der Waals surface area contributed by atoms with Gasteiger partial charge in [-0.05, 0) is 12.2 Å². The SMILES string of the molecule is COc1cc(OC)c2c(c1Cl)OC1(C=CC(=O)CC1C)C2=O. The summed E-state index contributed by atoms with van der Waals surface area (Å²) >= 11 is 6.28. The number of rotatable bonds is 2. The van der Waals surface area contributed by atoms with Gasteiger partial charge in [-0.15, -0.1) is 0 Å². The number of hydrogen-bond donors (Lipinski definition) is 0. The Kier molecular flexibility index (Phi) is 3.40. The average Bonchev–Trinajstić information content (AvgIpc) is 2.80. The van der Waals surface area contributed by atoms with Gasteiger partial charge in [0, 0.05) is 18.4 Å². The van der Waals surface area contributed by atoms with Gasteiger partial charge in [0.1, 0.15) is 22.1 Å². The van der Waals surface area contributed by atoms with Gasteiger partial charge < -0.3 is 14.2 Å². The fourth-order valence-corrected chi connectivity index (χ4v) is 3.22. The van der Waals surface area contributed by atoms with Gasteiger partial charge in [0.05, 0.1) is 14.2 Å². The van der Waals surface area contributed by atoms with Crippen molar-refractivity contribution >= 4 is 23.2 Å². The van der Waals surface area contributed by atoms with Gasteiger partial charge in [0.2, 0.25) is 5.78 Å². The summed E-state index contributed by atoms with van der Waals surface area (Å²) in [5.74, 6) is 0.382. The van der Waals surface area contributed by atoms with E-state index in [0.717, 1.165) is 0 Å². The van der Waals surface area contributed by atoms with E-state index in [9.17, 15) is 9.59 Å². The maximum absolute atomic E-state index is 13.0. The second-order valence-corrected chi connectivity index (χ2v) is 5.81. The standard InChI is InChI=1S/C16H15ClO5/c1-8-6-9(18)4-5-16(8)15(19)12-10(20-2)7-11(21-3)13(17)14(12)22-16/h4-5,7-8H,6H2,1-3H3. The lowest BCUT2D eigenvalue weighted by atomic mass is 9.77. The third-order valence-electron chi connectivity index (χ3n) is 4.20. The van der Waals surface area contributed by atoms with Crippen LogP contribution in [0.3, 0.4) is 0 Å². The number of carbonyl (C=O) groups excluding carboxylic acids is 2. The van der Waals surface area contributed by atoms with Crippen LogP contribution in [0.2, 0.25) is 5.02 Å². The van der Waals surface area contributed by atoms with Gasteiger partial charge in [-0.1, -0.05) is 18.5 Å². The van der Waals surface area contributed by atoms with Crippen molar-refractivity contribution < 1.29 is 23.8 Å². The first-order chi connectivity index (χ1) is 10.4. The first-order valence-corrected chi connectivity index (χ1v) is 7.22. The van der Waals surface area contributed by atoms with Crippen LogP contribution in [0, 0.1) is 5.92 Å². The molecule has 0 radical (unpaired) electrons. The molecule has 1 heterocycles. The number of methoxy groups -OCH3 is 2. The van der Waals surface area contributed by atoms with E-state index in [1.54, 1.807) is 6.07 Å². The van der Waals surface area contributed by atoms with Crippen molar-refractivity contribution in [2.45, 2.75) is 18.9 Å². The number of ketones is 2. The Labute approximate surface area is 132 Å². The quantitative estimate of drug-likeness (QED) is 0.838. The van der Waals surface area contributed by atoms with E-state index in [4.69, 9.17) is 25.8 Å². The Bertz CT molecular complexity index is 709. The molecular weight excluding hydrogens is 308 g/mol. The molecule has 0 aromatic heterocycles. The maximum Gasteiger partial charge on any atom is 0.218 e. The number of carbonyl (C=O) groups is 2. The van der Waals surface area contributed by atoms with E-state index in [2.05, 4.69) is 0 Å². The molecule has 116 valence electrons. The Hall–Kier alpha value is -2.01. The third-order valence-corrected chi connectivity index (χ3v) is 4.56. The highest BCUT2D eigenvalue weighted by atomic mass is 35.5. The predicted octanol–water partition coefficient (Wildman–Crippen LogP) is 2.84. The van der Waals surface area contributed by atoms with Crippen LogP contribution in [0.15, 0.2) is 18.2 Å². The fraction of sp³-hybridized carbons (Fsp3) is 0.375. The minimum atomic E-state index is -1.21. The summed E-state index contributed by atoms with van der Waals surface area (Å²) in [6.45, 7) is 1.81. The topological polar surface area (TPSA) is 61.8 Å². The van der Waals surface area contributed by atoms with Crippen LogP contribution in [0.25, 0.3) is 0 Å². The zero-order valence-electron chi connectivity index (χ0n) is 12.4. The molecule has 2 atom stereocenters. The molecule has 6 heteroatoms. The Balaban J connectivity index is 2.21. The lowest BCUT2D eigenvalue weighted by molar-refractivity contribution is -0.117. The summed E-state index contributed by atoms with van der Waals surface area (Å²) < 4.78 is 16.4. The smallest absolute Gasteiger partial charge is 0.218 e.